The molecule has 0 spiro atoms. The highest BCUT2D eigenvalue weighted by molar-refractivity contribution is 6.31. The number of carboxylic acids is 1. The molecule has 0 aliphatic rings. The molecule has 0 saturated heterocycles. The zero-order valence-corrected chi connectivity index (χ0v) is 19.1. The van der Waals surface area contributed by atoms with E-state index in [1.807, 2.05) is 6.92 Å². The van der Waals surface area contributed by atoms with E-state index in [4.69, 9.17) is 32.7 Å². The number of benzene rings is 3. The fourth-order valence-corrected chi connectivity index (χ4v) is 3.60. The van der Waals surface area contributed by atoms with Crippen LogP contribution in [0.25, 0.3) is 0 Å². The Balaban J connectivity index is 1.81. The van der Waals surface area contributed by atoms with Crippen LogP contribution in [0.5, 0.6) is 11.5 Å². The van der Waals surface area contributed by atoms with E-state index in [2.05, 4.69) is 5.32 Å². The summed E-state index contributed by atoms with van der Waals surface area (Å²) in [4.78, 5) is 11.4. The van der Waals surface area contributed by atoms with E-state index in [0.29, 0.717) is 40.9 Å². The minimum absolute atomic E-state index is 0.0827. The largest absolute Gasteiger partial charge is 0.490 e. The summed E-state index contributed by atoms with van der Waals surface area (Å²) in [5, 5.41) is 13.2. The third-order valence-electron chi connectivity index (χ3n) is 4.88. The highest BCUT2D eigenvalue weighted by Crippen LogP contribution is 2.35. The van der Waals surface area contributed by atoms with Crippen molar-refractivity contribution in [2.24, 2.45) is 0 Å². The zero-order valence-electron chi connectivity index (χ0n) is 17.5. The van der Waals surface area contributed by atoms with Crippen LogP contribution in [0.1, 0.15) is 34.0 Å². The molecular formula is C24H22Cl2FNO4. The molecule has 168 valence electrons. The van der Waals surface area contributed by atoms with E-state index >= 15 is 0 Å². The lowest BCUT2D eigenvalue weighted by atomic mass is 10.1. The van der Waals surface area contributed by atoms with E-state index in [9.17, 15) is 14.3 Å². The van der Waals surface area contributed by atoms with Crippen molar-refractivity contribution in [3.8, 4) is 11.5 Å². The molecule has 2 N–H and O–H groups in total. The topological polar surface area (TPSA) is 67.8 Å². The average Bonchev–Trinajstić information content (AvgIpc) is 2.74. The van der Waals surface area contributed by atoms with Gasteiger partial charge in [-0.1, -0.05) is 35.3 Å². The van der Waals surface area contributed by atoms with E-state index < -0.39 is 11.8 Å². The van der Waals surface area contributed by atoms with Gasteiger partial charge in [0.05, 0.1) is 17.2 Å². The predicted octanol–water partition coefficient (Wildman–Crippen LogP) is 6.73. The van der Waals surface area contributed by atoms with Gasteiger partial charge < -0.3 is 19.9 Å². The van der Waals surface area contributed by atoms with Crippen molar-refractivity contribution in [2.45, 2.75) is 27.0 Å². The molecule has 0 aliphatic carbocycles. The molecule has 0 atom stereocenters. The van der Waals surface area contributed by atoms with E-state index in [1.165, 1.54) is 12.1 Å². The monoisotopic (exact) mass is 477 g/mol. The minimum Gasteiger partial charge on any atom is -0.490 e. The summed E-state index contributed by atoms with van der Waals surface area (Å²) in [6.45, 7) is 4.22. The molecule has 0 unspecified atom stereocenters. The van der Waals surface area contributed by atoms with Gasteiger partial charge in [-0.05, 0) is 55.3 Å². The predicted molar refractivity (Wildman–Crippen MR) is 124 cm³/mol. The molecule has 0 bridgehead atoms. The van der Waals surface area contributed by atoms with Crippen LogP contribution in [0.4, 0.5) is 10.1 Å². The molecule has 0 radical (unpaired) electrons. The second kappa shape index (κ2) is 10.6. The lowest BCUT2D eigenvalue weighted by Gasteiger charge is -2.17. The van der Waals surface area contributed by atoms with Gasteiger partial charge in [-0.25, -0.2) is 9.18 Å². The smallest absolute Gasteiger partial charge is 0.336 e. The second-order valence-electron chi connectivity index (χ2n) is 6.95. The van der Waals surface area contributed by atoms with Crippen LogP contribution in [0, 0.1) is 12.7 Å². The first-order valence-corrected chi connectivity index (χ1v) is 10.6. The van der Waals surface area contributed by atoms with Crippen LogP contribution in [-0.2, 0) is 13.2 Å². The van der Waals surface area contributed by atoms with Crippen LogP contribution in [-0.4, -0.2) is 17.7 Å². The Morgan fingerprint density at radius 1 is 1.06 bits per heavy atom. The van der Waals surface area contributed by atoms with Crippen molar-refractivity contribution in [2.75, 3.05) is 11.9 Å². The molecule has 3 rings (SSSR count). The summed E-state index contributed by atoms with van der Waals surface area (Å²) in [6.07, 6.45) is 0. The Kier molecular flexibility index (Phi) is 7.83. The number of halogens is 3. The van der Waals surface area contributed by atoms with Crippen LogP contribution < -0.4 is 14.8 Å². The molecular weight excluding hydrogens is 456 g/mol. The Morgan fingerprint density at radius 2 is 1.78 bits per heavy atom. The van der Waals surface area contributed by atoms with Crippen molar-refractivity contribution >= 4 is 34.9 Å². The number of carboxylic acid groups (broad SMARTS) is 1. The summed E-state index contributed by atoms with van der Waals surface area (Å²) in [7, 11) is 0. The van der Waals surface area contributed by atoms with Gasteiger partial charge in [-0.3, -0.25) is 0 Å². The van der Waals surface area contributed by atoms with Gasteiger partial charge in [0.1, 0.15) is 12.4 Å². The molecule has 0 aromatic heterocycles. The maximum absolute atomic E-state index is 14.1. The molecule has 5 nitrogen and oxygen atoms in total. The number of ether oxygens (including phenoxy) is 2. The van der Waals surface area contributed by atoms with Crippen LogP contribution in [0.15, 0.2) is 48.5 Å². The van der Waals surface area contributed by atoms with Crippen molar-refractivity contribution in [3.63, 3.8) is 0 Å². The number of aromatic carboxylic acids is 1. The first-order chi connectivity index (χ1) is 15.3. The summed E-state index contributed by atoms with van der Waals surface area (Å²) in [5.74, 6) is -0.623. The van der Waals surface area contributed by atoms with Gasteiger partial charge in [0.25, 0.3) is 0 Å². The first-order valence-electron chi connectivity index (χ1n) is 9.89. The van der Waals surface area contributed by atoms with Crippen molar-refractivity contribution in [1.82, 2.24) is 0 Å². The fraction of sp³-hybridized carbons (Fsp3) is 0.208. The Labute approximate surface area is 195 Å². The summed E-state index contributed by atoms with van der Waals surface area (Å²) >= 11 is 12.5. The molecule has 32 heavy (non-hydrogen) atoms. The normalized spacial score (nSPS) is 10.7. The number of carbonyl (C=O) groups is 1. The average molecular weight is 478 g/mol. The minimum atomic E-state index is -0.987. The fourth-order valence-electron chi connectivity index (χ4n) is 3.16. The summed E-state index contributed by atoms with van der Waals surface area (Å²) in [6, 6.07) is 12.8. The van der Waals surface area contributed by atoms with Gasteiger partial charge in [-0.2, -0.15) is 0 Å². The standard InChI is InChI=1S/C24H22Cl2FNO4/c1-3-31-22-10-15(12-28-21-9-4-6-16(14(21)2)24(29)30)19(26)11-23(22)32-13-17-18(25)7-5-8-20(17)27/h4-11,28H,3,12-13H2,1-2H3,(H,29,30). The molecule has 0 aliphatic heterocycles. The maximum atomic E-state index is 14.1. The Morgan fingerprint density at radius 3 is 2.47 bits per heavy atom. The van der Waals surface area contributed by atoms with Gasteiger partial charge in [0, 0.05) is 28.9 Å². The number of hydrogen-bond acceptors (Lipinski definition) is 4. The number of nitrogens with one attached hydrogen (secondary N) is 1. The molecule has 0 fully saturated rings. The molecule has 0 saturated carbocycles. The quantitative estimate of drug-likeness (QED) is 0.357. The Bertz CT molecular complexity index is 1120. The Hall–Kier alpha value is -2.96. The van der Waals surface area contributed by atoms with Gasteiger partial charge >= 0.3 is 5.97 Å². The van der Waals surface area contributed by atoms with Crippen molar-refractivity contribution in [3.05, 3.63) is 86.6 Å². The van der Waals surface area contributed by atoms with Crippen LogP contribution in [0.3, 0.4) is 0 Å². The van der Waals surface area contributed by atoms with Gasteiger partial charge in [0.2, 0.25) is 0 Å². The summed E-state index contributed by atoms with van der Waals surface area (Å²) < 4.78 is 25.5. The molecule has 3 aromatic rings. The zero-order chi connectivity index (χ0) is 23.3. The lowest BCUT2D eigenvalue weighted by molar-refractivity contribution is 0.0696. The third-order valence-corrected chi connectivity index (χ3v) is 5.59. The third kappa shape index (κ3) is 5.44. The van der Waals surface area contributed by atoms with Gasteiger partial charge in [0.15, 0.2) is 11.5 Å². The van der Waals surface area contributed by atoms with Crippen molar-refractivity contribution in [1.29, 1.82) is 0 Å². The second-order valence-corrected chi connectivity index (χ2v) is 7.76. The SMILES string of the molecule is CCOc1cc(CNc2cccc(C(=O)O)c2C)c(Cl)cc1OCc1c(F)cccc1Cl. The number of rotatable bonds is 9. The van der Waals surface area contributed by atoms with Gasteiger partial charge in [-0.15, -0.1) is 0 Å². The van der Waals surface area contributed by atoms with E-state index in [0.717, 1.165) is 5.56 Å². The lowest BCUT2D eigenvalue weighted by Crippen LogP contribution is -2.07. The molecule has 3 aromatic carbocycles. The first kappa shape index (κ1) is 23.7. The van der Waals surface area contributed by atoms with E-state index in [1.54, 1.807) is 43.3 Å². The molecule has 0 amide bonds. The van der Waals surface area contributed by atoms with E-state index in [-0.39, 0.29) is 22.8 Å². The maximum Gasteiger partial charge on any atom is 0.336 e. The van der Waals surface area contributed by atoms with Crippen LogP contribution >= 0.6 is 23.2 Å². The molecule has 8 heteroatoms. The molecule has 0 heterocycles. The highest BCUT2D eigenvalue weighted by Gasteiger charge is 2.15. The highest BCUT2D eigenvalue weighted by atomic mass is 35.5. The summed E-state index contributed by atoms with van der Waals surface area (Å²) in [5.41, 5.74) is 2.52. The van der Waals surface area contributed by atoms with Crippen LogP contribution in [0.2, 0.25) is 10.0 Å². The number of hydrogen-bond donors (Lipinski definition) is 2. The number of anilines is 1. The van der Waals surface area contributed by atoms with Crippen molar-refractivity contribution < 1.29 is 23.8 Å².